The third-order valence-electron chi connectivity index (χ3n) is 3.30. The Morgan fingerprint density at radius 3 is 2.50 bits per heavy atom. The van der Waals surface area contributed by atoms with E-state index in [-0.39, 0.29) is 0 Å². The maximum atomic E-state index is 5.86. The Bertz CT molecular complexity index is 141. The third-order valence-corrected chi connectivity index (χ3v) is 3.30. The van der Waals surface area contributed by atoms with Gasteiger partial charge in [0, 0.05) is 19.1 Å². The second-order valence-electron chi connectivity index (χ2n) is 4.46. The zero-order chi connectivity index (χ0) is 8.39. The van der Waals surface area contributed by atoms with Crippen LogP contribution in [0.15, 0.2) is 0 Å². The lowest BCUT2D eigenvalue weighted by Gasteiger charge is -2.19. The smallest absolute Gasteiger partial charge is 0.0180 e. The van der Waals surface area contributed by atoms with Gasteiger partial charge in [0.1, 0.15) is 0 Å². The van der Waals surface area contributed by atoms with Crippen LogP contribution >= 0.6 is 0 Å². The van der Waals surface area contributed by atoms with Gasteiger partial charge in [0.05, 0.1) is 0 Å². The molecule has 0 aromatic carbocycles. The highest BCUT2D eigenvalue weighted by molar-refractivity contribution is 4.80. The first-order valence-corrected chi connectivity index (χ1v) is 5.32. The van der Waals surface area contributed by atoms with Crippen LogP contribution in [0.5, 0.6) is 0 Å². The summed E-state index contributed by atoms with van der Waals surface area (Å²) in [5, 5.41) is 0. The molecule has 0 aromatic heterocycles. The van der Waals surface area contributed by atoms with Crippen LogP contribution in [0.2, 0.25) is 0 Å². The molecule has 0 amide bonds. The van der Waals surface area contributed by atoms with Crippen molar-refractivity contribution in [3.05, 3.63) is 0 Å². The fourth-order valence-electron chi connectivity index (χ4n) is 2.59. The maximum absolute atomic E-state index is 5.86. The number of likely N-dealkylation sites (tertiary alicyclic amines) is 1. The Labute approximate surface area is 75.1 Å². The van der Waals surface area contributed by atoms with Crippen LogP contribution in [0.25, 0.3) is 0 Å². The van der Waals surface area contributed by atoms with E-state index >= 15 is 0 Å². The number of rotatable bonds is 2. The minimum absolute atomic E-state index is 0.464. The van der Waals surface area contributed by atoms with Gasteiger partial charge in [0.25, 0.3) is 0 Å². The lowest BCUT2D eigenvalue weighted by Crippen LogP contribution is -2.30. The minimum atomic E-state index is 0.464. The fraction of sp³-hybridized carbons (Fsp3) is 1.00. The quantitative estimate of drug-likeness (QED) is 0.671. The van der Waals surface area contributed by atoms with Crippen molar-refractivity contribution in [1.82, 2.24) is 4.90 Å². The summed E-state index contributed by atoms with van der Waals surface area (Å²) in [5.41, 5.74) is 5.86. The van der Waals surface area contributed by atoms with E-state index in [1.807, 2.05) is 0 Å². The Morgan fingerprint density at radius 2 is 1.92 bits per heavy atom. The summed E-state index contributed by atoms with van der Waals surface area (Å²) in [6.07, 6.45) is 7.07. The molecular weight excluding hydrogens is 148 g/mol. The van der Waals surface area contributed by atoms with Crippen molar-refractivity contribution in [3.63, 3.8) is 0 Å². The normalized spacial score (nSPS) is 33.2. The second-order valence-corrected chi connectivity index (χ2v) is 4.46. The lowest BCUT2D eigenvalue weighted by atomic mass is 10.1. The molecule has 0 spiro atoms. The molecule has 1 heterocycles. The highest BCUT2D eigenvalue weighted by atomic mass is 15.2. The summed E-state index contributed by atoms with van der Waals surface area (Å²) in [7, 11) is 0. The number of nitrogens with zero attached hydrogens (tertiary/aromatic N) is 1. The number of nitrogens with two attached hydrogens (primary N) is 1. The molecule has 1 saturated carbocycles. The van der Waals surface area contributed by atoms with Crippen molar-refractivity contribution < 1.29 is 0 Å². The molecule has 2 N–H and O–H groups in total. The Morgan fingerprint density at radius 1 is 1.17 bits per heavy atom. The van der Waals surface area contributed by atoms with Crippen LogP contribution in [-0.2, 0) is 0 Å². The summed E-state index contributed by atoms with van der Waals surface area (Å²) in [6, 6.07) is 0.464. The first-order valence-electron chi connectivity index (χ1n) is 5.32. The summed E-state index contributed by atoms with van der Waals surface area (Å²) in [6.45, 7) is 3.72. The molecule has 1 atom stereocenters. The van der Waals surface area contributed by atoms with Crippen molar-refractivity contribution >= 4 is 0 Å². The summed E-state index contributed by atoms with van der Waals surface area (Å²) < 4.78 is 0. The van der Waals surface area contributed by atoms with Gasteiger partial charge in [-0.2, -0.15) is 0 Å². The standard InChI is InChI=1S/C10H20N2/c11-10-5-6-12(8-10)7-9-3-1-2-4-9/h9-10H,1-8,11H2. The lowest BCUT2D eigenvalue weighted by molar-refractivity contribution is 0.277. The van der Waals surface area contributed by atoms with Gasteiger partial charge in [-0.25, -0.2) is 0 Å². The van der Waals surface area contributed by atoms with Gasteiger partial charge in [-0.05, 0) is 31.7 Å². The topological polar surface area (TPSA) is 29.3 Å². The molecule has 0 aromatic rings. The molecule has 2 nitrogen and oxygen atoms in total. The summed E-state index contributed by atoms with van der Waals surface area (Å²) >= 11 is 0. The van der Waals surface area contributed by atoms with Crippen molar-refractivity contribution in [3.8, 4) is 0 Å². The van der Waals surface area contributed by atoms with E-state index in [4.69, 9.17) is 5.73 Å². The van der Waals surface area contributed by atoms with Crippen molar-refractivity contribution in [2.45, 2.75) is 38.1 Å². The molecule has 70 valence electrons. The van der Waals surface area contributed by atoms with Gasteiger partial charge >= 0.3 is 0 Å². The van der Waals surface area contributed by atoms with E-state index in [9.17, 15) is 0 Å². The molecule has 12 heavy (non-hydrogen) atoms. The van der Waals surface area contributed by atoms with Crippen LogP contribution in [0.3, 0.4) is 0 Å². The SMILES string of the molecule is NC1CCN(CC2CCCC2)C1. The molecule has 2 fully saturated rings. The minimum Gasteiger partial charge on any atom is -0.326 e. The van der Waals surface area contributed by atoms with Crippen molar-refractivity contribution in [1.29, 1.82) is 0 Å². The summed E-state index contributed by atoms with van der Waals surface area (Å²) in [4.78, 5) is 2.56. The zero-order valence-corrected chi connectivity index (χ0v) is 7.84. The molecule has 1 aliphatic carbocycles. The van der Waals surface area contributed by atoms with E-state index in [0.29, 0.717) is 6.04 Å². The number of hydrogen-bond acceptors (Lipinski definition) is 2. The molecule has 2 aliphatic rings. The largest absolute Gasteiger partial charge is 0.326 e. The molecule has 0 radical (unpaired) electrons. The second kappa shape index (κ2) is 3.75. The van der Waals surface area contributed by atoms with Crippen LogP contribution in [-0.4, -0.2) is 30.6 Å². The Balaban J connectivity index is 1.72. The fourth-order valence-corrected chi connectivity index (χ4v) is 2.59. The van der Waals surface area contributed by atoms with E-state index in [1.165, 1.54) is 45.2 Å². The first kappa shape index (κ1) is 8.52. The predicted octanol–water partition coefficient (Wildman–Crippen LogP) is 1.21. The van der Waals surface area contributed by atoms with E-state index in [1.54, 1.807) is 0 Å². The Kier molecular flexibility index (Phi) is 2.66. The van der Waals surface area contributed by atoms with Gasteiger partial charge < -0.3 is 10.6 Å². The molecule has 0 bridgehead atoms. The third kappa shape index (κ3) is 1.99. The van der Waals surface area contributed by atoms with Crippen LogP contribution in [0.1, 0.15) is 32.1 Å². The molecule has 2 rings (SSSR count). The van der Waals surface area contributed by atoms with E-state index in [2.05, 4.69) is 4.90 Å². The molecule has 1 unspecified atom stereocenters. The Hall–Kier alpha value is -0.0800. The van der Waals surface area contributed by atoms with E-state index in [0.717, 1.165) is 12.5 Å². The van der Waals surface area contributed by atoms with Crippen LogP contribution < -0.4 is 5.73 Å². The predicted molar refractivity (Wildman–Crippen MR) is 51.0 cm³/mol. The van der Waals surface area contributed by atoms with Gasteiger partial charge in [-0.1, -0.05) is 12.8 Å². The van der Waals surface area contributed by atoms with Gasteiger partial charge in [0.2, 0.25) is 0 Å². The average molecular weight is 168 g/mol. The highest BCUT2D eigenvalue weighted by Gasteiger charge is 2.23. The van der Waals surface area contributed by atoms with E-state index < -0.39 is 0 Å². The van der Waals surface area contributed by atoms with Crippen molar-refractivity contribution in [2.75, 3.05) is 19.6 Å². The number of hydrogen-bond donors (Lipinski definition) is 1. The molecular formula is C10H20N2. The monoisotopic (exact) mass is 168 g/mol. The van der Waals surface area contributed by atoms with Crippen molar-refractivity contribution in [2.24, 2.45) is 11.7 Å². The average Bonchev–Trinajstić information content (AvgIpc) is 2.63. The van der Waals surface area contributed by atoms with Gasteiger partial charge in [-0.15, -0.1) is 0 Å². The molecule has 1 saturated heterocycles. The molecule has 2 heteroatoms. The van der Waals surface area contributed by atoms with Crippen LogP contribution in [0.4, 0.5) is 0 Å². The molecule has 1 aliphatic heterocycles. The first-order chi connectivity index (χ1) is 5.84. The maximum Gasteiger partial charge on any atom is 0.0180 e. The van der Waals surface area contributed by atoms with Gasteiger partial charge in [-0.3, -0.25) is 0 Å². The van der Waals surface area contributed by atoms with Crippen LogP contribution in [0, 0.1) is 5.92 Å². The zero-order valence-electron chi connectivity index (χ0n) is 7.84. The van der Waals surface area contributed by atoms with Gasteiger partial charge in [0.15, 0.2) is 0 Å². The highest BCUT2D eigenvalue weighted by Crippen LogP contribution is 2.26. The summed E-state index contributed by atoms with van der Waals surface area (Å²) in [5.74, 6) is 0.996.